The smallest absolute Gasteiger partial charge is 0.334 e. The van der Waals surface area contributed by atoms with Crippen LogP contribution in [0.3, 0.4) is 0 Å². The van der Waals surface area contributed by atoms with Crippen molar-refractivity contribution in [2.45, 2.75) is 39.2 Å². The number of carboxylic acid groups (broad SMARTS) is 1. The second-order valence-corrected chi connectivity index (χ2v) is 4.43. The Morgan fingerprint density at radius 2 is 2.06 bits per heavy atom. The van der Waals surface area contributed by atoms with Gasteiger partial charge in [0.15, 0.2) is 6.10 Å². The summed E-state index contributed by atoms with van der Waals surface area (Å²) in [7, 11) is 0. The van der Waals surface area contributed by atoms with Gasteiger partial charge in [-0.15, -0.1) is 0 Å². The van der Waals surface area contributed by atoms with E-state index >= 15 is 0 Å². The fourth-order valence-electron chi connectivity index (χ4n) is 2.22. The highest BCUT2D eigenvalue weighted by Crippen LogP contribution is 2.20. The number of piperidine rings is 1. The lowest BCUT2D eigenvalue weighted by atomic mass is 9.94. The average Bonchev–Trinajstić information content (AvgIpc) is 2.29. The van der Waals surface area contributed by atoms with E-state index in [0.717, 1.165) is 19.0 Å². The monoisotopic (exact) mass is 229 g/mol. The topological polar surface area (TPSA) is 49.8 Å². The number of nitrogens with zero attached hydrogens (tertiary/aromatic N) is 1. The molecule has 1 aliphatic rings. The predicted molar refractivity (Wildman–Crippen MR) is 62.5 cm³/mol. The SMILES string of the molecule is CCOC(CN1CCC(CC)CC1)C(=O)O. The lowest BCUT2D eigenvalue weighted by Crippen LogP contribution is -2.42. The van der Waals surface area contributed by atoms with Crippen LogP contribution in [0.5, 0.6) is 0 Å². The zero-order valence-electron chi connectivity index (χ0n) is 10.3. The second kappa shape index (κ2) is 6.86. The van der Waals surface area contributed by atoms with Gasteiger partial charge in [0.25, 0.3) is 0 Å². The Hall–Kier alpha value is -0.610. The van der Waals surface area contributed by atoms with Crippen molar-refractivity contribution < 1.29 is 14.6 Å². The summed E-state index contributed by atoms with van der Waals surface area (Å²) in [4.78, 5) is 13.1. The number of ether oxygens (including phenoxy) is 1. The highest BCUT2D eigenvalue weighted by atomic mass is 16.5. The first-order valence-corrected chi connectivity index (χ1v) is 6.24. The largest absolute Gasteiger partial charge is 0.479 e. The zero-order valence-corrected chi connectivity index (χ0v) is 10.3. The summed E-state index contributed by atoms with van der Waals surface area (Å²) in [5.41, 5.74) is 0. The highest BCUT2D eigenvalue weighted by Gasteiger charge is 2.24. The van der Waals surface area contributed by atoms with E-state index in [0.29, 0.717) is 13.2 Å². The van der Waals surface area contributed by atoms with Crippen LogP contribution in [0.4, 0.5) is 0 Å². The minimum Gasteiger partial charge on any atom is -0.479 e. The Kier molecular flexibility index (Phi) is 5.77. The van der Waals surface area contributed by atoms with Gasteiger partial charge in [0.2, 0.25) is 0 Å². The van der Waals surface area contributed by atoms with E-state index in [1.165, 1.54) is 19.3 Å². The van der Waals surface area contributed by atoms with E-state index < -0.39 is 12.1 Å². The molecule has 1 heterocycles. The Bertz CT molecular complexity index is 212. The number of aliphatic carboxylic acids is 1. The van der Waals surface area contributed by atoms with Crippen molar-refractivity contribution in [1.29, 1.82) is 0 Å². The molecule has 0 saturated carbocycles. The first kappa shape index (κ1) is 13.5. The standard InChI is InChI=1S/C12H23NO3/c1-3-10-5-7-13(8-6-10)9-11(12(14)15)16-4-2/h10-11H,3-9H2,1-2H3,(H,14,15). The van der Waals surface area contributed by atoms with Gasteiger partial charge in [-0.05, 0) is 38.8 Å². The van der Waals surface area contributed by atoms with Crippen LogP contribution in [0.2, 0.25) is 0 Å². The fourth-order valence-corrected chi connectivity index (χ4v) is 2.22. The molecule has 1 rings (SSSR count). The van der Waals surface area contributed by atoms with E-state index in [1.807, 2.05) is 6.92 Å². The summed E-state index contributed by atoms with van der Waals surface area (Å²) in [5, 5.41) is 8.98. The Morgan fingerprint density at radius 1 is 1.44 bits per heavy atom. The van der Waals surface area contributed by atoms with Gasteiger partial charge >= 0.3 is 5.97 Å². The van der Waals surface area contributed by atoms with Gasteiger partial charge in [-0.1, -0.05) is 13.3 Å². The Morgan fingerprint density at radius 3 is 2.50 bits per heavy atom. The molecule has 0 aliphatic carbocycles. The van der Waals surface area contributed by atoms with E-state index in [9.17, 15) is 4.79 Å². The molecule has 1 atom stereocenters. The van der Waals surface area contributed by atoms with E-state index in [2.05, 4.69) is 11.8 Å². The number of hydrogen-bond donors (Lipinski definition) is 1. The van der Waals surface area contributed by atoms with Crippen molar-refractivity contribution in [3.05, 3.63) is 0 Å². The molecule has 0 aromatic carbocycles. The van der Waals surface area contributed by atoms with Crippen LogP contribution in [-0.2, 0) is 9.53 Å². The maximum absolute atomic E-state index is 10.9. The fraction of sp³-hybridized carbons (Fsp3) is 0.917. The summed E-state index contributed by atoms with van der Waals surface area (Å²) in [5.74, 6) is -0.0221. The van der Waals surface area contributed by atoms with Crippen LogP contribution < -0.4 is 0 Å². The molecular weight excluding hydrogens is 206 g/mol. The summed E-state index contributed by atoms with van der Waals surface area (Å²) in [6.07, 6.45) is 2.95. The molecule has 0 radical (unpaired) electrons. The number of carbonyl (C=O) groups is 1. The molecule has 4 nitrogen and oxygen atoms in total. The minimum absolute atomic E-state index is 0.461. The van der Waals surface area contributed by atoms with Crippen molar-refractivity contribution in [1.82, 2.24) is 4.90 Å². The van der Waals surface area contributed by atoms with Crippen molar-refractivity contribution in [3.63, 3.8) is 0 Å². The summed E-state index contributed by atoms with van der Waals surface area (Å²) in [6, 6.07) is 0. The van der Waals surface area contributed by atoms with Gasteiger partial charge in [-0.25, -0.2) is 4.79 Å². The Balaban J connectivity index is 2.33. The second-order valence-electron chi connectivity index (χ2n) is 4.43. The summed E-state index contributed by atoms with van der Waals surface area (Å²) in [6.45, 7) is 7.06. The molecule has 94 valence electrons. The first-order valence-electron chi connectivity index (χ1n) is 6.24. The van der Waals surface area contributed by atoms with Crippen LogP contribution in [-0.4, -0.2) is 48.3 Å². The van der Waals surface area contributed by atoms with Crippen molar-refractivity contribution in [2.24, 2.45) is 5.92 Å². The molecule has 1 aliphatic heterocycles. The molecule has 0 aromatic rings. The van der Waals surface area contributed by atoms with Crippen LogP contribution in [0.1, 0.15) is 33.1 Å². The number of hydrogen-bond acceptors (Lipinski definition) is 3. The molecule has 0 amide bonds. The number of likely N-dealkylation sites (tertiary alicyclic amines) is 1. The lowest BCUT2D eigenvalue weighted by Gasteiger charge is -2.32. The summed E-state index contributed by atoms with van der Waals surface area (Å²) < 4.78 is 5.22. The van der Waals surface area contributed by atoms with Crippen molar-refractivity contribution >= 4 is 5.97 Å². The van der Waals surface area contributed by atoms with E-state index in [-0.39, 0.29) is 0 Å². The van der Waals surface area contributed by atoms with Crippen molar-refractivity contribution in [2.75, 3.05) is 26.2 Å². The molecule has 0 aromatic heterocycles. The van der Waals surface area contributed by atoms with Crippen molar-refractivity contribution in [3.8, 4) is 0 Å². The van der Waals surface area contributed by atoms with Crippen LogP contribution in [0.25, 0.3) is 0 Å². The molecule has 0 bridgehead atoms. The third-order valence-corrected chi connectivity index (χ3v) is 3.35. The summed E-state index contributed by atoms with van der Waals surface area (Å²) >= 11 is 0. The van der Waals surface area contributed by atoms with Gasteiger partial charge in [-0.2, -0.15) is 0 Å². The number of carboxylic acids is 1. The maximum atomic E-state index is 10.9. The van der Waals surface area contributed by atoms with E-state index in [4.69, 9.17) is 9.84 Å². The number of rotatable bonds is 6. The maximum Gasteiger partial charge on any atom is 0.334 e. The van der Waals surface area contributed by atoms with Crippen LogP contribution in [0, 0.1) is 5.92 Å². The molecule has 0 spiro atoms. The third kappa shape index (κ3) is 4.10. The van der Waals surface area contributed by atoms with Gasteiger partial charge < -0.3 is 14.7 Å². The van der Waals surface area contributed by atoms with Crippen LogP contribution in [0.15, 0.2) is 0 Å². The molecule has 1 saturated heterocycles. The molecule has 1 N–H and O–H groups in total. The normalized spacial score (nSPS) is 20.9. The van der Waals surface area contributed by atoms with Crippen LogP contribution >= 0.6 is 0 Å². The average molecular weight is 229 g/mol. The molecule has 16 heavy (non-hydrogen) atoms. The highest BCUT2D eigenvalue weighted by molar-refractivity contribution is 5.72. The zero-order chi connectivity index (χ0) is 12.0. The molecule has 1 unspecified atom stereocenters. The Labute approximate surface area is 97.6 Å². The lowest BCUT2D eigenvalue weighted by molar-refractivity contribution is -0.151. The molecular formula is C12H23NO3. The van der Waals surface area contributed by atoms with Gasteiger partial charge in [0.1, 0.15) is 0 Å². The third-order valence-electron chi connectivity index (χ3n) is 3.35. The minimum atomic E-state index is -0.848. The van der Waals surface area contributed by atoms with Gasteiger partial charge in [0, 0.05) is 13.2 Å². The van der Waals surface area contributed by atoms with Gasteiger partial charge in [-0.3, -0.25) is 0 Å². The molecule has 1 fully saturated rings. The quantitative estimate of drug-likeness (QED) is 0.751. The predicted octanol–water partition coefficient (Wildman–Crippen LogP) is 1.60. The first-order chi connectivity index (χ1) is 7.67. The van der Waals surface area contributed by atoms with Gasteiger partial charge in [0.05, 0.1) is 0 Å². The van der Waals surface area contributed by atoms with E-state index in [1.54, 1.807) is 0 Å². The molecule has 4 heteroatoms.